The second kappa shape index (κ2) is 8.08. The zero-order valence-electron chi connectivity index (χ0n) is 17.3. The highest BCUT2D eigenvalue weighted by molar-refractivity contribution is 5.71. The summed E-state index contributed by atoms with van der Waals surface area (Å²) in [6.07, 6.45) is 2.56. The third-order valence-electron chi connectivity index (χ3n) is 5.43. The molecule has 1 aliphatic carbocycles. The Morgan fingerprint density at radius 3 is 2.62 bits per heavy atom. The van der Waals surface area contributed by atoms with Crippen LogP contribution in [0.2, 0.25) is 0 Å². The van der Waals surface area contributed by atoms with Gasteiger partial charge in [-0.3, -0.25) is 4.79 Å². The fourth-order valence-electron chi connectivity index (χ4n) is 3.57. The van der Waals surface area contributed by atoms with Crippen LogP contribution in [0, 0.1) is 6.92 Å². The van der Waals surface area contributed by atoms with E-state index in [9.17, 15) is 13.6 Å². The third-order valence-corrected chi connectivity index (χ3v) is 5.43. The zero-order chi connectivity index (χ0) is 21.2. The molecule has 2 aromatic heterocycles. The summed E-state index contributed by atoms with van der Waals surface area (Å²) in [6.45, 7) is 5.81. The zero-order valence-corrected chi connectivity index (χ0v) is 17.3. The van der Waals surface area contributed by atoms with Crippen LogP contribution in [0.3, 0.4) is 0 Å². The lowest BCUT2D eigenvalue weighted by molar-refractivity contribution is -0.141. The van der Waals surface area contributed by atoms with Crippen molar-refractivity contribution >= 4 is 11.8 Å². The number of anilines is 1. The minimum Gasteiger partial charge on any atom is -0.469 e. The van der Waals surface area contributed by atoms with Crippen LogP contribution in [0.5, 0.6) is 0 Å². The number of halogens is 2. The lowest BCUT2D eigenvalue weighted by atomic mass is 9.82. The van der Waals surface area contributed by atoms with Crippen LogP contribution < -0.4 is 5.32 Å². The number of methoxy groups -OCH3 is 1. The first-order valence-corrected chi connectivity index (χ1v) is 9.84. The summed E-state index contributed by atoms with van der Waals surface area (Å²) in [4.78, 5) is 16.5. The van der Waals surface area contributed by atoms with Crippen molar-refractivity contribution in [3.05, 3.63) is 35.7 Å². The molecule has 0 radical (unpaired) electrons. The molecule has 1 aliphatic rings. The Bertz CT molecular complexity index is 869. The van der Waals surface area contributed by atoms with Gasteiger partial charge in [0.25, 0.3) is 0 Å². The van der Waals surface area contributed by atoms with Crippen molar-refractivity contribution in [1.29, 1.82) is 0 Å². The van der Waals surface area contributed by atoms with Gasteiger partial charge in [0.1, 0.15) is 5.82 Å². The van der Waals surface area contributed by atoms with Gasteiger partial charge in [-0.15, -0.1) is 0 Å². The summed E-state index contributed by atoms with van der Waals surface area (Å²) in [5.41, 5.74) is 1.25. The standard InChI is InChI=1S/C21H28F2N4O2/c1-14-7-10-27(26-14)18-12-15(20(2,3)13-19(28)29-4)11-17(25-18)24-16-5-8-21(22,23)9-6-16/h7,10-12,16H,5-6,8-9,13H2,1-4H3,(H,24,25). The van der Waals surface area contributed by atoms with Crippen molar-refractivity contribution in [3.63, 3.8) is 0 Å². The molecule has 1 fully saturated rings. The van der Waals surface area contributed by atoms with Crippen LogP contribution in [-0.4, -0.2) is 39.8 Å². The Morgan fingerprint density at radius 2 is 2.03 bits per heavy atom. The molecule has 2 heterocycles. The van der Waals surface area contributed by atoms with E-state index in [1.54, 1.807) is 4.68 Å². The Hall–Kier alpha value is -2.51. The van der Waals surface area contributed by atoms with Crippen LogP contribution in [0.1, 0.15) is 57.2 Å². The molecule has 0 spiro atoms. The normalized spacial score (nSPS) is 17.2. The number of pyridine rings is 1. The molecule has 0 atom stereocenters. The van der Waals surface area contributed by atoms with Crippen molar-refractivity contribution in [2.75, 3.05) is 12.4 Å². The van der Waals surface area contributed by atoms with Gasteiger partial charge < -0.3 is 10.1 Å². The maximum Gasteiger partial charge on any atom is 0.306 e. The van der Waals surface area contributed by atoms with Gasteiger partial charge in [-0.25, -0.2) is 18.4 Å². The summed E-state index contributed by atoms with van der Waals surface area (Å²) in [5.74, 6) is -1.67. The summed E-state index contributed by atoms with van der Waals surface area (Å²) in [6, 6.07) is 5.60. The van der Waals surface area contributed by atoms with Gasteiger partial charge in [-0.05, 0) is 43.5 Å². The SMILES string of the molecule is COC(=O)CC(C)(C)c1cc(NC2CCC(F)(F)CC2)nc(-n2ccc(C)n2)c1. The minimum absolute atomic E-state index is 0.0618. The van der Waals surface area contributed by atoms with E-state index in [0.717, 1.165) is 11.3 Å². The van der Waals surface area contributed by atoms with E-state index < -0.39 is 11.3 Å². The molecule has 6 nitrogen and oxygen atoms in total. The fourth-order valence-corrected chi connectivity index (χ4v) is 3.57. The van der Waals surface area contributed by atoms with Crippen molar-refractivity contribution in [2.45, 2.75) is 70.3 Å². The number of hydrogen-bond acceptors (Lipinski definition) is 5. The number of aromatic nitrogens is 3. The second-order valence-electron chi connectivity index (χ2n) is 8.41. The van der Waals surface area contributed by atoms with Gasteiger partial charge in [-0.1, -0.05) is 13.8 Å². The largest absolute Gasteiger partial charge is 0.469 e. The number of rotatable bonds is 6. The molecule has 0 bridgehead atoms. The first-order valence-electron chi connectivity index (χ1n) is 9.84. The summed E-state index contributed by atoms with van der Waals surface area (Å²) in [7, 11) is 1.37. The number of carbonyl (C=O) groups excluding carboxylic acids is 1. The number of alkyl halides is 2. The van der Waals surface area contributed by atoms with Crippen LogP contribution in [-0.2, 0) is 14.9 Å². The highest BCUT2D eigenvalue weighted by Gasteiger charge is 2.35. The molecule has 1 N–H and O–H groups in total. The molecule has 0 unspecified atom stereocenters. The highest BCUT2D eigenvalue weighted by atomic mass is 19.3. The van der Waals surface area contributed by atoms with Gasteiger partial charge in [0.05, 0.1) is 19.2 Å². The number of aryl methyl sites for hydroxylation is 1. The number of esters is 1. The fraction of sp³-hybridized carbons (Fsp3) is 0.571. The number of nitrogens with zero attached hydrogens (tertiary/aromatic N) is 3. The van der Waals surface area contributed by atoms with Gasteiger partial charge in [0.2, 0.25) is 5.92 Å². The van der Waals surface area contributed by atoms with Crippen LogP contribution >= 0.6 is 0 Å². The smallest absolute Gasteiger partial charge is 0.306 e. The summed E-state index contributed by atoms with van der Waals surface area (Å²) >= 11 is 0. The van der Waals surface area contributed by atoms with E-state index in [1.165, 1.54) is 7.11 Å². The van der Waals surface area contributed by atoms with Crippen molar-refractivity contribution in [3.8, 4) is 5.82 Å². The maximum atomic E-state index is 13.5. The quantitative estimate of drug-likeness (QED) is 0.720. The Kier molecular flexibility index (Phi) is 5.91. The molecule has 3 rings (SSSR count). The van der Waals surface area contributed by atoms with E-state index in [2.05, 4.69) is 15.4 Å². The van der Waals surface area contributed by atoms with E-state index >= 15 is 0 Å². The van der Waals surface area contributed by atoms with E-state index in [1.807, 2.05) is 45.2 Å². The van der Waals surface area contributed by atoms with Gasteiger partial charge in [-0.2, -0.15) is 5.10 Å². The van der Waals surface area contributed by atoms with Crippen LogP contribution in [0.4, 0.5) is 14.6 Å². The maximum absolute atomic E-state index is 13.5. The van der Waals surface area contributed by atoms with Crippen molar-refractivity contribution in [2.24, 2.45) is 0 Å². The Labute approximate surface area is 169 Å². The molecule has 0 amide bonds. The summed E-state index contributed by atoms with van der Waals surface area (Å²) in [5, 5.41) is 7.74. The van der Waals surface area contributed by atoms with Gasteiger partial charge >= 0.3 is 5.97 Å². The van der Waals surface area contributed by atoms with Crippen LogP contribution in [0.25, 0.3) is 5.82 Å². The van der Waals surface area contributed by atoms with E-state index in [0.29, 0.717) is 24.5 Å². The molecular weight excluding hydrogens is 378 g/mol. The van der Waals surface area contributed by atoms with Gasteiger partial charge in [0.15, 0.2) is 5.82 Å². The van der Waals surface area contributed by atoms with E-state index in [-0.39, 0.29) is 31.3 Å². The predicted molar refractivity (Wildman–Crippen MR) is 107 cm³/mol. The predicted octanol–water partition coefficient (Wildman–Crippen LogP) is 4.41. The third kappa shape index (κ3) is 5.31. The number of ether oxygens (including phenoxy) is 1. The molecule has 29 heavy (non-hydrogen) atoms. The molecule has 0 saturated heterocycles. The number of carbonyl (C=O) groups is 1. The molecule has 1 saturated carbocycles. The monoisotopic (exact) mass is 406 g/mol. The lowest BCUT2D eigenvalue weighted by Gasteiger charge is -2.30. The molecule has 8 heteroatoms. The molecule has 0 aromatic carbocycles. The van der Waals surface area contributed by atoms with Gasteiger partial charge in [0, 0.05) is 30.5 Å². The lowest BCUT2D eigenvalue weighted by Crippen LogP contribution is -2.32. The van der Waals surface area contributed by atoms with Crippen LogP contribution in [0.15, 0.2) is 24.4 Å². The number of hydrogen-bond donors (Lipinski definition) is 1. The summed E-state index contributed by atoms with van der Waals surface area (Å²) < 4.78 is 33.5. The molecule has 0 aliphatic heterocycles. The molecule has 158 valence electrons. The first-order chi connectivity index (χ1) is 13.6. The van der Waals surface area contributed by atoms with Crippen molar-refractivity contribution in [1.82, 2.24) is 14.8 Å². The average Bonchev–Trinajstić information content (AvgIpc) is 3.09. The second-order valence-corrected chi connectivity index (χ2v) is 8.41. The molecule has 2 aromatic rings. The number of nitrogens with one attached hydrogen (secondary N) is 1. The first kappa shape index (κ1) is 21.2. The Morgan fingerprint density at radius 1 is 1.34 bits per heavy atom. The minimum atomic E-state index is -2.58. The molecular formula is C21H28F2N4O2. The van der Waals surface area contributed by atoms with E-state index in [4.69, 9.17) is 4.74 Å². The average molecular weight is 406 g/mol. The van der Waals surface area contributed by atoms with Crippen molar-refractivity contribution < 1.29 is 18.3 Å². The topological polar surface area (TPSA) is 69.0 Å². The highest BCUT2D eigenvalue weighted by Crippen LogP contribution is 2.35. The Balaban J connectivity index is 1.92.